The number of anilines is 1. The van der Waals surface area contributed by atoms with E-state index in [1.54, 1.807) is 64.1 Å². The molecule has 0 aliphatic carbocycles. The first-order chi connectivity index (χ1) is 26.7. The molecule has 0 fully saturated rings. The van der Waals surface area contributed by atoms with Crippen LogP contribution in [0.25, 0.3) is 0 Å². The zero-order valence-electron chi connectivity index (χ0n) is 31.9. The first kappa shape index (κ1) is 40.6. The van der Waals surface area contributed by atoms with Crippen molar-refractivity contribution in [2.24, 2.45) is 0 Å². The van der Waals surface area contributed by atoms with Crippen LogP contribution in [0.15, 0.2) is 109 Å². The van der Waals surface area contributed by atoms with E-state index in [0.717, 1.165) is 16.0 Å². The molecule has 0 bridgehead atoms. The Kier molecular flexibility index (Phi) is 12.8. The number of carbonyl (C=O) groups is 4. The Labute approximate surface area is 325 Å². The summed E-state index contributed by atoms with van der Waals surface area (Å²) in [5.74, 6) is -0.996. The van der Waals surface area contributed by atoms with Crippen LogP contribution in [0.5, 0.6) is 0 Å². The maximum atomic E-state index is 14.3. The molecule has 14 nitrogen and oxygen atoms in total. The van der Waals surface area contributed by atoms with Gasteiger partial charge in [0, 0.05) is 24.1 Å². The second kappa shape index (κ2) is 17.7. The molecule has 1 aliphatic rings. The molecule has 292 valence electrons. The van der Waals surface area contributed by atoms with Gasteiger partial charge in [-0.15, -0.1) is 6.58 Å². The number of carbonyl (C=O) groups excluding carboxylic acids is 4. The van der Waals surface area contributed by atoms with Crippen molar-refractivity contribution in [3.05, 3.63) is 142 Å². The van der Waals surface area contributed by atoms with Crippen LogP contribution < -0.4 is 21.1 Å². The molecule has 3 amide bonds. The van der Waals surface area contributed by atoms with Gasteiger partial charge in [-0.25, -0.2) is 14.6 Å². The van der Waals surface area contributed by atoms with Gasteiger partial charge in [0.2, 0.25) is 5.91 Å². The second-order valence-corrected chi connectivity index (χ2v) is 14.6. The highest BCUT2D eigenvalue weighted by atomic mass is 16.6. The number of aromatic nitrogens is 2. The number of benzene rings is 3. The number of ether oxygens (including phenoxy) is 3. The summed E-state index contributed by atoms with van der Waals surface area (Å²) in [6.45, 7) is 10.7. The molecule has 4 aromatic rings. The third-order valence-electron chi connectivity index (χ3n) is 8.90. The van der Waals surface area contributed by atoms with E-state index >= 15 is 0 Å². The molecule has 14 heteroatoms. The highest BCUT2D eigenvalue weighted by Gasteiger charge is 2.48. The van der Waals surface area contributed by atoms with E-state index < -0.39 is 46.7 Å². The van der Waals surface area contributed by atoms with Crippen molar-refractivity contribution in [1.29, 1.82) is 5.41 Å². The highest BCUT2D eigenvalue weighted by Crippen LogP contribution is 2.42. The van der Waals surface area contributed by atoms with E-state index in [1.165, 1.54) is 16.8 Å². The van der Waals surface area contributed by atoms with E-state index in [2.05, 4.69) is 22.2 Å². The predicted octanol–water partition coefficient (Wildman–Crippen LogP) is 6.07. The van der Waals surface area contributed by atoms with Gasteiger partial charge >= 0.3 is 18.2 Å². The van der Waals surface area contributed by atoms with Crippen LogP contribution >= 0.6 is 0 Å². The Balaban J connectivity index is 1.32. The van der Waals surface area contributed by atoms with Crippen LogP contribution in [0.1, 0.15) is 74.7 Å². The Hall–Kier alpha value is -6.57. The number of amidine groups is 1. The zero-order valence-corrected chi connectivity index (χ0v) is 31.9. The summed E-state index contributed by atoms with van der Waals surface area (Å²) in [5, 5.41) is 13.6. The van der Waals surface area contributed by atoms with Crippen LogP contribution in [0.4, 0.5) is 15.3 Å². The molecule has 0 saturated heterocycles. The molecule has 1 aliphatic heterocycles. The fourth-order valence-corrected chi connectivity index (χ4v) is 6.27. The number of alkyl carbamates (subject to hydrolysis) is 1. The lowest BCUT2D eigenvalue weighted by molar-refractivity contribution is -0.156. The first-order valence-electron chi connectivity index (χ1n) is 18.0. The molecule has 0 saturated carbocycles. The molecule has 5 rings (SSSR count). The zero-order chi connectivity index (χ0) is 40.5. The van der Waals surface area contributed by atoms with E-state index in [1.807, 2.05) is 48.5 Å². The third-order valence-corrected chi connectivity index (χ3v) is 8.90. The summed E-state index contributed by atoms with van der Waals surface area (Å²) < 4.78 is 17.6. The van der Waals surface area contributed by atoms with Crippen LogP contribution in [0.3, 0.4) is 0 Å². The Morgan fingerprint density at radius 3 is 2.14 bits per heavy atom. The van der Waals surface area contributed by atoms with Gasteiger partial charge in [-0.3, -0.25) is 34.6 Å². The van der Waals surface area contributed by atoms with E-state index in [9.17, 15) is 24.0 Å². The summed E-state index contributed by atoms with van der Waals surface area (Å²) in [7, 11) is 0. The van der Waals surface area contributed by atoms with Gasteiger partial charge < -0.3 is 19.5 Å². The van der Waals surface area contributed by atoms with Crippen LogP contribution in [-0.4, -0.2) is 51.6 Å². The SMILES string of the molecule is C=CCN(C(=O)OCc1ccccc1)c1cnc2n(c1=O)[C@@H](C(=O)NCc1ccc(C(=N)NC(=O)OCc3ccccc3)cc1)C[C@]2(C)CC(=O)OC(C)(C)C. The van der Waals surface area contributed by atoms with Crippen molar-refractivity contribution in [1.82, 2.24) is 20.2 Å². The second-order valence-electron chi connectivity index (χ2n) is 14.6. The molecule has 3 aromatic carbocycles. The number of nitrogens with zero attached hydrogens (tertiary/aromatic N) is 3. The van der Waals surface area contributed by atoms with Gasteiger partial charge in [-0.2, -0.15) is 0 Å². The topological polar surface area (TPSA) is 182 Å². The van der Waals surface area contributed by atoms with Crippen molar-refractivity contribution < 1.29 is 33.4 Å². The van der Waals surface area contributed by atoms with E-state index in [-0.39, 0.29) is 56.5 Å². The number of esters is 1. The monoisotopic (exact) mass is 762 g/mol. The molecule has 56 heavy (non-hydrogen) atoms. The average molecular weight is 763 g/mol. The Morgan fingerprint density at radius 2 is 1.55 bits per heavy atom. The fourth-order valence-electron chi connectivity index (χ4n) is 6.27. The molecular formula is C42H46N6O8. The smallest absolute Gasteiger partial charge is 0.415 e. The van der Waals surface area contributed by atoms with Crippen molar-refractivity contribution in [3.8, 4) is 0 Å². The van der Waals surface area contributed by atoms with E-state index in [0.29, 0.717) is 11.1 Å². The summed E-state index contributed by atoms with van der Waals surface area (Å²) >= 11 is 0. The number of fused-ring (bicyclic) bond motifs is 1. The van der Waals surface area contributed by atoms with Gasteiger partial charge in [0.1, 0.15) is 42.2 Å². The average Bonchev–Trinajstić information content (AvgIpc) is 3.47. The van der Waals surface area contributed by atoms with Gasteiger partial charge in [-0.05, 0) is 43.9 Å². The number of hydrogen-bond acceptors (Lipinski definition) is 10. The number of hydrogen-bond donors (Lipinski definition) is 3. The highest BCUT2D eigenvalue weighted by molar-refractivity contribution is 6.04. The maximum Gasteiger partial charge on any atom is 0.415 e. The van der Waals surface area contributed by atoms with Crippen LogP contribution in [-0.2, 0) is 49.0 Å². The molecule has 3 N–H and O–H groups in total. The van der Waals surface area contributed by atoms with Crippen molar-refractivity contribution >= 4 is 35.6 Å². The normalized spacial score (nSPS) is 15.8. The van der Waals surface area contributed by atoms with Gasteiger partial charge in [-0.1, -0.05) is 97.9 Å². The van der Waals surface area contributed by atoms with Gasteiger partial charge in [0.05, 0.1) is 12.6 Å². The van der Waals surface area contributed by atoms with Gasteiger partial charge in [0.25, 0.3) is 5.56 Å². The molecule has 0 radical (unpaired) electrons. The summed E-state index contributed by atoms with van der Waals surface area (Å²) in [4.78, 5) is 72.7. The summed E-state index contributed by atoms with van der Waals surface area (Å²) in [6, 6.07) is 23.8. The summed E-state index contributed by atoms with van der Waals surface area (Å²) in [6.07, 6.45) is 1.02. The minimum absolute atomic E-state index is 0.0358. The molecule has 0 spiro atoms. The molecular weight excluding hydrogens is 716 g/mol. The molecule has 2 heterocycles. The molecule has 2 atom stereocenters. The Bertz CT molecular complexity index is 2130. The number of rotatable bonds is 13. The minimum Gasteiger partial charge on any atom is -0.460 e. The predicted molar refractivity (Wildman–Crippen MR) is 209 cm³/mol. The lowest BCUT2D eigenvalue weighted by Gasteiger charge is -2.26. The number of nitrogens with one attached hydrogen (secondary N) is 3. The Morgan fingerprint density at radius 1 is 0.946 bits per heavy atom. The van der Waals surface area contributed by atoms with E-state index in [4.69, 9.17) is 19.6 Å². The number of amides is 3. The fraction of sp³-hybridized carbons (Fsp3) is 0.310. The lowest BCUT2D eigenvalue weighted by Crippen LogP contribution is -2.41. The van der Waals surface area contributed by atoms with Crippen molar-refractivity contribution in [3.63, 3.8) is 0 Å². The quantitative estimate of drug-likeness (QED) is 0.0479. The lowest BCUT2D eigenvalue weighted by atomic mass is 9.82. The molecule has 0 unspecified atom stereocenters. The standard InChI is InChI=1S/C42H46N6O8/c1-6-21-47(40(53)55-27-30-15-11-8-12-16-30)33-25-45-38-42(5,23-34(49)56-41(2,3)4)22-32(48(38)37(33)51)36(50)44-24-28-17-19-31(20-18-28)35(43)46-39(52)54-26-29-13-9-7-10-14-29/h6-20,25,32H,1,21-24,26-27H2,2-5H3,(H,44,50)(H2,43,46,52)/t32-,42-/m1/s1. The largest absolute Gasteiger partial charge is 0.460 e. The summed E-state index contributed by atoms with van der Waals surface area (Å²) in [5.41, 5.74) is 0.0223. The third kappa shape index (κ3) is 10.3. The minimum atomic E-state index is -1.10. The van der Waals surface area contributed by atoms with Crippen LogP contribution in [0.2, 0.25) is 0 Å². The van der Waals surface area contributed by atoms with Gasteiger partial charge in [0.15, 0.2) is 0 Å². The maximum absolute atomic E-state index is 14.3. The van der Waals surface area contributed by atoms with Crippen molar-refractivity contribution in [2.45, 2.75) is 77.4 Å². The first-order valence-corrected chi connectivity index (χ1v) is 18.0. The van der Waals surface area contributed by atoms with Crippen molar-refractivity contribution in [2.75, 3.05) is 11.4 Å². The molecule has 1 aromatic heterocycles. The van der Waals surface area contributed by atoms with Crippen LogP contribution in [0, 0.1) is 5.41 Å².